The topological polar surface area (TPSA) is 120 Å². The lowest BCUT2D eigenvalue weighted by Crippen LogP contribution is -2.47. The molecule has 2 aliphatic rings. The summed E-state index contributed by atoms with van der Waals surface area (Å²) in [6, 6.07) is -0.538. The van der Waals surface area contributed by atoms with Crippen LogP contribution in [0.4, 0.5) is 0 Å². The first kappa shape index (κ1) is 22.1. The summed E-state index contributed by atoms with van der Waals surface area (Å²) in [5.74, 6) is -2.12. The van der Waals surface area contributed by atoms with Crippen LogP contribution < -0.4 is 16.6 Å². The number of nitrogens with one attached hydrogen (secondary N) is 1. The second kappa shape index (κ2) is 9.95. The molecule has 0 spiro atoms. The first-order valence-electron chi connectivity index (χ1n) is 11.0. The summed E-state index contributed by atoms with van der Waals surface area (Å²) in [6.45, 7) is 1.40. The van der Waals surface area contributed by atoms with Crippen LogP contribution in [0.2, 0.25) is 0 Å². The van der Waals surface area contributed by atoms with Crippen molar-refractivity contribution in [3.05, 3.63) is 26.4 Å². The molecule has 0 radical (unpaired) electrons. The zero-order valence-electron chi connectivity index (χ0n) is 17.5. The monoisotopic (exact) mass is 421 g/mol. The molecule has 0 atom stereocenters. The van der Waals surface area contributed by atoms with Gasteiger partial charge in [-0.3, -0.25) is 23.5 Å². The van der Waals surface area contributed by atoms with Crippen molar-refractivity contribution in [2.75, 3.05) is 13.2 Å². The Bertz CT molecular complexity index is 891. The molecule has 1 heterocycles. The van der Waals surface area contributed by atoms with Crippen molar-refractivity contribution in [2.24, 2.45) is 0 Å². The molecule has 0 aromatic carbocycles. The molecule has 0 unspecified atom stereocenters. The van der Waals surface area contributed by atoms with Gasteiger partial charge in [0.15, 0.2) is 5.56 Å². The highest BCUT2D eigenvalue weighted by atomic mass is 16.5. The third kappa shape index (κ3) is 4.60. The smallest absolute Gasteiger partial charge is 0.334 e. The predicted molar refractivity (Wildman–Crippen MR) is 110 cm³/mol. The second-order valence-corrected chi connectivity index (χ2v) is 8.10. The fraction of sp³-hybridized carbons (Fsp3) is 0.714. The molecule has 2 fully saturated rings. The van der Waals surface area contributed by atoms with Gasteiger partial charge in [0.2, 0.25) is 5.88 Å². The molecule has 0 bridgehead atoms. The van der Waals surface area contributed by atoms with Gasteiger partial charge in [-0.05, 0) is 32.6 Å². The molecule has 0 aliphatic heterocycles. The molecule has 9 heteroatoms. The first-order chi connectivity index (χ1) is 14.5. The number of aromatic hydroxyl groups is 1. The SMILES string of the molecule is CCOC(=O)CNC(=O)c1c(O)n(C2CCCCC2)c(=O)n(C2CCCCC2)c1=O. The van der Waals surface area contributed by atoms with Crippen molar-refractivity contribution in [3.8, 4) is 5.88 Å². The van der Waals surface area contributed by atoms with Crippen molar-refractivity contribution in [2.45, 2.75) is 83.2 Å². The molecular weight excluding hydrogens is 390 g/mol. The Labute approximate surface area is 175 Å². The van der Waals surface area contributed by atoms with Gasteiger partial charge >= 0.3 is 11.7 Å². The predicted octanol–water partition coefficient (Wildman–Crippen LogP) is 2.02. The third-order valence-electron chi connectivity index (χ3n) is 6.10. The van der Waals surface area contributed by atoms with E-state index in [1.807, 2.05) is 0 Å². The molecule has 9 nitrogen and oxygen atoms in total. The van der Waals surface area contributed by atoms with E-state index in [2.05, 4.69) is 5.32 Å². The van der Waals surface area contributed by atoms with Gasteiger partial charge in [0.05, 0.1) is 6.61 Å². The van der Waals surface area contributed by atoms with Crippen LogP contribution in [0.5, 0.6) is 5.88 Å². The van der Waals surface area contributed by atoms with Gasteiger partial charge < -0.3 is 15.2 Å². The van der Waals surface area contributed by atoms with Gasteiger partial charge in [-0.1, -0.05) is 38.5 Å². The zero-order valence-corrected chi connectivity index (χ0v) is 17.5. The number of carbonyl (C=O) groups is 2. The van der Waals surface area contributed by atoms with Crippen LogP contribution in [-0.2, 0) is 9.53 Å². The highest BCUT2D eigenvalue weighted by molar-refractivity contribution is 5.97. The van der Waals surface area contributed by atoms with Crippen LogP contribution in [-0.4, -0.2) is 39.3 Å². The Morgan fingerprint density at radius 1 is 0.967 bits per heavy atom. The highest BCUT2D eigenvalue weighted by Gasteiger charge is 2.31. The second-order valence-electron chi connectivity index (χ2n) is 8.10. The van der Waals surface area contributed by atoms with Gasteiger partial charge in [-0.25, -0.2) is 4.79 Å². The van der Waals surface area contributed by atoms with E-state index < -0.39 is 41.1 Å². The van der Waals surface area contributed by atoms with Crippen LogP contribution in [0.3, 0.4) is 0 Å². The summed E-state index contributed by atoms with van der Waals surface area (Å²) in [7, 11) is 0. The Hall–Kier alpha value is -2.58. The number of nitrogens with zero attached hydrogens (tertiary/aromatic N) is 2. The maximum Gasteiger partial charge on any atom is 0.334 e. The van der Waals surface area contributed by atoms with E-state index in [1.54, 1.807) is 6.92 Å². The molecule has 0 saturated heterocycles. The van der Waals surface area contributed by atoms with Crippen LogP contribution in [0.1, 0.15) is 93.6 Å². The lowest BCUT2D eigenvalue weighted by Gasteiger charge is -2.29. The van der Waals surface area contributed by atoms with E-state index in [9.17, 15) is 24.3 Å². The van der Waals surface area contributed by atoms with Crippen molar-refractivity contribution < 1.29 is 19.4 Å². The molecule has 1 amide bonds. The number of hydrogen-bond donors (Lipinski definition) is 2. The molecule has 1 aromatic rings. The molecule has 30 heavy (non-hydrogen) atoms. The fourth-order valence-electron chi connectivity index (χ4n) is 4.61. The summed E-state index contributed by atoms with van der Waals surface area (Å²) < 4.78 is 7.18. The Morgan fingerprint density at radius 2 is 1.50 bits per heavy atom. The number of esters is 1. The van der Waals surface area contributed by atoms with E-state index in [-0.39, 0.29) is 18.7 Å². The van der Waals surface area contributed by atoms with Gasteiger partial charge in [0, 0.05) is 12.1 Å². The van der Waals surface area contributed by atoms with Crippen LogP contribution in [0.15, 0.2) is 9.59 Å². The summed E-state index contributed by atoms with van der Waals surface area (Å²) in [5, 5.41) is 13.2. The first-order valence-corrected chi connectivity index (χ1v) is 11.0. The van der Waals surface area contributed by atoms with Gasteiger partial charge in [0.25, 0.3) is 11.5 Å². The van der Waals surface area contributed by atoms with E-state index >= 15 is 0 Å². The van der Waals surface area contributed by atoms with Crippen LogP contribution >= 0.6 is 0 Å². The normalized spacial score (nSPS) is 18.2. The molecule has 166 valence electrons. The number of carbonyl (C=O) groups excluding carboxylic acids is 2. The minimum absolute atomic E-state index is 0.168. The molecular formula is C21H31N3O6. The molecule has 2 N–H and O–H groups in total. The molecule has 3 rings (SSSR count). The van der Waals surface area contributed by atoms with E-state index in [0.717, 1.165) is 43.1 Å². The van der Waals surface area contributed by atoms with Crippen molar-refractivity contribution >= 4 is 11.9 Å². The maximum atomic E-state index is 13.3. The zero-order chi connectivity index (χ0) is 21.7. The molecule has 1 aromatic heterocycles. The fourth-order valence-corrected chi connectivity index (χ4v) is 4.61. The van der Waals surface area contributed by atoms with Crippen LogP contribution in [0, 0.1) is 0 Å². The third-order valence-corrected chi connectivity index (χ3v) is 6.10. The Morgan fingerprint density at radius 3 is 2.03 bits per heavy atom. The molecule has 2 aliphatic carbocycles. The number of aromatic nitrogens is 2. The lowest BCUT2D eigenvalue weighted by molar-refractivity contribution is -0.141. The average Bonchev–Trinajstić information content (AvgIpc) is 2.74. The highest BCUT2D eigenvalue weighted by Crippen LogP contribution is 2.31. The summed E-state index contributed by atoms with van der Waals surface area (Å²) >= 11 is 0. The summed E-state index contributed by atoms with van der Waals surface area (Å²) in [4.78, 5) is 50.8. The lowest BCUT2D eigenvalue weighted by atomic mass is 9.94. The van der Waals surface area contributed by atoms with Crippen LogP contribution in [0.25, 0.3) is 0 Å². The average molecular weight is 421 g/mol. The molecule has 2 saturated carbocycles. The number of ether oxygens (including phenoxy) is 1. The standard InChI is InChI=1S/C21H31N3O6/c1-2-30-16(25)13-22-18(26)17-19(27)23(14-9-5-3-6-10-14)21(29)24(20(17)28)15-11-7-4-8-12-15/h14-15,27H,2-13H2,1H3,(H,22,26). The minimum atomic E-state index is -0.875. The maximum absolute atomic E-state index is 13.3. The van der Waals surface area contributed by atoms with Crippen molar-refractivity contribution in [1.82, 2.24) is 14.5 Å². The van der Waals surface area contributed by atoms with Crippen molar-refractivity contribution in [3.63, 3.8) is 0 Å². The number of hydrogen-bond acceptors (Lipinski definition) is 6. The summed E-state index contributed by atoms with van der Waals surface area (Å²) in [6.07, 6.45) is 8.56. The van der Waals surface area contributed by atoms with Crippen molar-refractivity contribution in [1.29, 1.82) is 0 Å². The van der Waals surface area contributed by atoms with Gasteiger partial charge in [0.1, 0.15) is 6.54 Å². The van der Waals surface area contributed by atoms with E-state index in [4.69, 9.17) is 4.74 Å². The number of rotatable bonds is 6. The van der Waals surface area contributed by atoms with E-state index in [1.165, 1.54) is 4.57 Å². The summed E-state index contributed by atoms with van der Waals surface area (Å²) in [5.41, 5.74) is -1.81. The largest absolute Gasteiger partial charge is 0.494 e. The Kier molecular flexibility index (Phi) is 7.33. The van der Waals surface area contributed by atoms with E-state index in [0.29, 0.717) is 25.7 Å². The van der Waals surface area contributed by atoms with Gasteiger partial charge in [-0.15, -0.1) is 0 Å². The number of amides is 1. The minimum Gasteiger partial charge on any atom is -0.494 e. The Balaban J connectivity index is 2.05. The quantitative estimate of drug-likeness (QED) is 0.678. The van der Waals surface area contributed by atoms with Gasteiger partial charge in [-0.2, -0.15) is 0 Å².